The van der Waals surface area contributed by atoms with Crippen LogP contribution >= 0.6 is 11.3 Å². The number of rotatable bonds is 3. The van der Waals surface area contributed by atoms with Crippen LogP contribution in [0.3, 0.4) is 0 Å². The van der Waals surface area contributed by atoms with Crippen molar-refractivity contribution in [3.05, 3.63) is 35.2 Å². The van der Waals surface area contributed by atoms with Gasteiger partial charge in [-0.3, -0.25) is 0 Å². The Morgan fingerprint density at radius 1 is 1.39 bits per heavy atom. The van der Waals surface area contributed by atoms with E-state index in [1.807, 2.05) is 11.3 Å². The predicted molar refractivity (Wildman–Crippen MR) is 77.1 cm³/mol. The van der Waals surface area contributed by atoms with Gasteiger partial charge in [0.05, 0.1) is 6.61 Å². The highest BCUT2D eigenvalue weighted by Gasteiger charge is 2.26. The van der Waals surface area contributed by atoms with E-state index in [1.54, 1.807) is 0 Å². The zero-order valence-electron chi connectivity index (χ0n) is 10.7. The standard InChI is InChI=1S/C15H19NOS/c1-15(7-4-8-17-11-15)16-9-12-10-18-14-6-3-2-5-13(12)14/h2-3,5-6,10,16H,4,7-9,11H2,1H3. The molecule has 0 aliphatic carbocycles. The molecule has 0 bridgehead atoms. The van der Waals surface area contributed by atoms with Crippen LogP contribution in [0, 0.1) is 0 Å². The average Bonchev–Trinajstić information content (AvgIpc) is 2.81. The molecule has 1 unspecified atom stereocenters. The van der Waals surface area contributed by atoms with Gasteiger partial charge in [-0.1, -0.05) is 18.2 Å². The highest BCUT2D eigenvalue weighted by atomic mass is 32.1. The van der Waals surface area contributed by atoms with Crippen molar-refractivity contribution in [2.75, 3.05) is 13.2 Å². The van der Waals surface area contributed by atoms with Gasteiger partial charge in [0.2, 0.25) is 0 Å². The summed E-state index contributed by atoms with van der Waals surface area (Å²) >= 11 is 1.83. The molecule has 1 saturated heterocycles. The van der Waals surface area contributed by atoms with Crippen LogP contribution < -0.4 is 5.32 Å². The van der Waals surface area contributed by atoms with Crippen molar-refractivity contribution in [3.8, 4) is 0 Å². The zero-order valence-corrected chi connectivity index (χ0v) is 11.6. The third-order valence-corrected chi connectivity index (χ3v) is 4.72. The molecule has 1 aromatic heterocycles. The molecular formula is C15H19NOS. The minimum atomic E-state index is 0.140. The molecule has 96 valence electrons. The Balaban J connectivity index is 1.73. The van der Waals surface area contributed by atoms with Crippen LogP contribution in [0.15, 0.2) is 29.6 Å². The van der Waals surface area contributed by atoms with Crippen LogP contribution in [0.1, 0.15) is 25.3 Å². The van der Waals surface area contributed by atoms with Crippen LogP contribution in [0.4, 0.5) is 0 Å². The summed E-state index contributed by atoms with van der Waals surface area (Å²) in [5.74, 6) is 0. The summed E-state index contributed by atoms with van der Waals surface area (Å²) in [5, 5.41) is 7.33. The van der Waals surface area contributed by atoms with E-state index in [-0.39, 0.29) is 5.54 Å². The third-order valence-electron chi connectivity index (χ3n) is 3.70. The van der Waals surface area contributed by atoms with E-state index in [2.05, 4.69) is 41.9 Å². The van der Waals surface area contributed by atoms with Crippen molar-refractivity contribution in [1.82, 2.24) is 5.32 Å². The monoisotopic (exact) mass is 261 g/mol. The number of hydrogen-bond acceptors (Lipinski definition) is 3. The molecule has 2 heterocycles. The van der Waals surface area contributed by atoms with E-state index in [0.717, 1.165) is 26.2 Å². The van der Waals surface area contributed by atoms with Gasteiger partial charge in [-0.25, -0.2) is 0 Å². The van der Waals surface area contributed by atoms with Crippen LogP contribution in [0.25, 0.3) is 10.1 Å². The first-order valence-corrected chi connectivity index (χ1v) is 7.43. The Hall–Kier alpha value is -0.900. The second-order valence-corrected chi connectivity index (χ2v) is 6.24. The molecular weight excluding hydrogens is 242 g/mol. The molecule has 0 spiro atoms. The highest BCUT2D eigenvalue weighted by molar-refractivity contribution is 7.17. The van der Waals surface area contributed by atoms with Gasteiger partial charge >= 0.3 is 0 Å². The first-order valence-electron chi connectivity index (χ1n) is 6.55. The molecule has 0 saturated carbocycles. The number of nitrogens with one attached hydrogen (secondary N) is 1. The lowest BCUT2D eigenvalue weighted by Crippen LogP contribution is -2.48. The normalized spacial score (nSPS) is 24.5. The molecule has 3 rings (SSSR count). The van der Waals surface area contributed by atoms with E-state index in [4.69, 9.17) is 4.74 Å². The quantitative estimate of drug-likeness (QED) is 0.912. The fourth-order valence-electron chi connectivity index (χ4n) is 2.55. The number of benzene rings is 1. The number of fused-ring (bicyclic) bond motifs is 1. The van der Waals surface area contributed by atoms with Gasteiger partial charge in [-0.05, 0) is 42.2 Å². The summed E-state index contributed by atoms with van der Waals surface area (Å²) < 4.78 is 6.96. The Morgan fingerprint density at radius 2 is 2.28 bits per heavy atom. The van der Waals surface area contributed by atoms with E-state index in [1.165, 1.54) is 22.1 Å². The highest BCUT2D eigenvalue weighted by Crippen LogP contribution is 2.26. The average molecular weight is 261 g/mol. The molecule has 1 fully saturated rings. The van der Waals surface area contributed by atoms with Gasteiger partial charge < -0.3 is 10.1 Å². The van der Waals surface area contributed by atoms with E-state index < -0.39 is 0 Å². The van der Waals surface area contributed by atoms with Crippen LogP contribution in [0.2, 0.25) is 0 Å². The van der Waals surface area contributed by atoms with E-state index >= 15 is 0 Å². The molecule has 1 aliphatic heterocycles. The molecule has 2 nitrogen and oxygen atoms in total. The van der Waals surface area contributed by atoms with E-state index in [9.17, 15) is 0 Å². The maximum absolute atomic E-state index is 5.58. The summed E-state index contributed by atoms with van der Waals surface area (Å²) in [7, 11) is 0. The van der Waals surface area contributed by atoms with Gasteiger partial charge in [0.25, 0.3) is 0 Å². The molecule has 0 amide bonds. The van der Waals surface area contributed by atoms with Crippen molar-refractivity contribution in [2.24, 2.45) is 0 Å². The molecule has 1 aliphatic rings. The molecule has 1 aromatic carbocycles. The molecule has 1 N–H and O–H groups in total. The number of hydrogen-bond donors (Lipinski definition) is 1. The van der Waals surface area contributed by atoms with Crippen LogP contribution in [0.5, 0.6) is 0 Å². The molecule has 3 heteroatoms. The van der Waals surface area contributed by atoms with E-state index in [0.29, 0.717) is 0 Å². The minimum Gasteiger partial charge on any atom is -0.380 e. The second kappa shape index (κ2) is 5.00. The lowest BCUT2D eigenvalue weighted by Gasteiger charge is -2.34. The first-order chi connectivity index (χ1) is 8.77. The molecule has 0 radical (unpaired) electrons. The van der Waals surface area contributed by atoms with Gasteiger partial charge in [0.1, 0.15) is 0 Å². The lowest BCUT2D eigenvalue weighted by molar-refractivity contribution is 0.0278. The molecule has 18 heavy (non-hydrogen) atoms. The smallest absolute Gasteiger partial charge is 0.0645 e. The SMILES string of the molecule is CC1(NCc2csc3ccccc23)CCCOC1. The number of thiophene rings is 1. The van der Waals surface area contributed by atoms with Gasteiger partial charge in [-0.15, -0.1) is 11.3 Å². The summed E-state index contributed by atoms with van der Waals surface area (Å²) in [6.45, 7) is 4.94. The fourth-order valence-corrected chi connectivity index (χ4v) is 3.51. The fraction of sp³-hybridized carbons (Fsp3) is 0.467. The predicted octanol–water partition coefficient (Wildman–Crippen LogP) is 3.56. The van der Waals surface area contributed by atoms with Gasteiger partial charge in [0, 0.05) is 23.4 Å². The maximum Gasteiger partial charge on any atom is 0.0645 e. The largest absolute Gasteiger partial charge is 0.380 e. The van der Waals surface area contributed by atoms with Gasteiger partial charge in [-0.2, -0.15) is 0 Å². The van der Waals surface area contributed by atoms with Crippen LogP contribution in [-0.2, 0) is 11.3 Å². The Morgan fingerprint density at radius 3 is 3.11 bits per heavy atom. The van der Waals surface area contributed by atoms with Crippen molar-refractivity contribution >= 4 is 21.4 Å². The minimum absolute atomic E-state index is 0.140. The summed E-state index contributed by atoms with van der Waals surface area (Å²) in [6, 6.07) is 8.62. The topological polar surface area (TPSA) is 21.3 Å². The second-order valence-electron chi connectivity index (χ2n) is 5.33. The first kappa shape index (κ1) is 12.2. The summed E-state index contributed by atoms with van der Waals surface area (Å²) in [5.41, 5.74) is 1.55. The summed E-state index contributed by atoms with van der Waals surface area (Å²) in [6.07, 6.45) is 2.36. The van der Waals surface area contributed by atoms with Gasteiger partial charge in [0.15, 0.2) is 0 Å². The maximum atomic E-state index is 5.58. The Bertz CT molecular complexity index is 528. The van der Waals surface area contributed by atoms with Crippen LogP contribution in [-0.4, -0.2) is 18.8 Å². The summed E-state index contributed by atoms with van der Waals surface area (Å²) in [4.78, 5) is 0. The zero-order chi connectivity index (χ0) is 12.4. The lowest BCUT2D eigenvalue weighted by atomic mass is 9.94. The van der Waals surface area contributed by atoms with Crippen molar-refractivity contribution in [3.63, 3.8) is 0 Å². The molecule has 2 aromatic rings. The van der Waals surface area contributed by atoms with Crippen molar-refractivity contribution < 1.29 is 4.74 Å². The third kappa shape index (κ3) is 2.44. The Kier molecular flexibility index (Phi) is 3.37. The number of ether oxygens (including phenoxy) is 1. The Labute approximate surface area is 112 Å². The van der Waals surface area contributed by atoms with Crippen molar-refractivity contribution in [1.29, 1.82) is 0 Å². The van der Waals surface area contributed by atoms with Crippen molar-refractivity contribution in [2.45, 2.75) is 31.8 Å². The molecule has 1 atom stereocenters.